The van der Waals surface area contributed by atoms with E-state index in [9.17, 15) is 9.59 Å². The summed E-state index contributed by atoms with van der Waals surface area (Å²) < 4.78 is 0. The van der Waals surface area contributed by atoms with E-state index >= 15 is 0 Å². The van der Waals surface area contributed by atoms with Gasteiger partial charge in [0.2, 0.25) is 5.91 Å². The summed E-state index contributed by atoms with van der Waals surface area (Å²) in [6, 6.07) is 3.00. The molecule has 1 aliphatic rings. The van der Waals surface area contributed by atoms with Crippen LogP contribution < -0.4 is 5.32 Å². The largest absolute Gasteiger partial charge is 0.327 e. The minimum atomic E-state index is -0.462. The number of nitrogens with one attached hydrogen (secondary N) is 1. The third-order valence-corrected chi connectivity index (χ3v) is 5.22. The minimum absolute atomic E-state index is 0.144. The number of aryl methyl sites for hydroxylation is 2. The van der Waals surface area contributed by atoms with Gasteiger partial charge in [-0.2, -0.15) is 0 Å². The normalized spacial score (nSPS) is 17.6. The number of carbonyl (C=O) groups excluding carboxylic acids is 2. The molecule has 2 aromatic heterocycles. The van der Waals surface area contributed by atoms with Crippen molar-refractivity contribution in [3.05, 3.63) is 40.7 Å². The van der Waals surface area contributed by atoms with Gasteiger partial charge in [0.25, 0.3) is 5.91 Å². The van der Waals surface area contributed by atoms with Gasteiger partial charge in [0.15, 0.2) is 5.13 Å². The number of hydrogen-bond acceptors (Lipinski definition) is 5. The molecule has 1 fully saturated rings. The van der Waals surface area contributed by atoms with Crippen LogP contribution in [0.4, 0.5) is 5.13 Å². The lowest BCUT2D eigenvalue weighted by Gasteiger charge is -2.34. The molecule has 7 heteroatoms. The van der Waals surface area contributed by atoms with Crippen LogP contribution in [0.25, 0.3) is 0 Å². The summed E-state index contributed by atoms with van der Waals surface area (Å²) in [6.07, 6.45) is 5.68. The molecule has 6 nitrogen and oxygen atoms in total. The van der Waals surface area contributed by atoms with E-state index in [1.807, 2.05) is 13.8 Å². The highest BCUT2D eigenvalue weighted by Gasteiger charge is 2.33. The number of pyridine rings is 1. The zero-order valence-electron chi connectivity index (χ0n) is 13.8. The summed E-state index contributed by atoms with van der Waals surface area (Å²) in [6.45, 7) is 4.48. The SMILES string of the molecule is Cc1nc(NC(=O)[C@H]2CCCCN2C(=O)c2cccnc2)sc1C. The molecule has 0 bridgehead atoms. The van der Waals surface area contributed by atoms with Gasteiger partial charge in [-0.15, -0.1) is 11.3 Å². The Labute approximate surface area is 144 Å². The summed E-state index contributed by atoms with van der Waals surface area (Å²) in [5, 5.41) is 3.46. The van der Waals surface area contributed by atoms with Crippen LogP contribution in [0.2, 0.25) is 0 Å². The van der Waals surface area contributed by atoms with Crippen molar-refractivity contribution in [3.63, 3.8) is 0 Å². The summed E-state index contributed by atoms with van der Waals surface area (Å²) in [7, 11) is 0. The number of likely N-dealkylation sites (tertiary alicyclic amines) is 1. The molecule has 0 radical (unpaired) electrons. The first-order valence-electron chi connectivity index (χ1n) is 8.02. The maximum Gasteiger partial charge on any atom is 0.256 e. The Balaban J connectivity index is 1.76. The third kappa shape index (κ3) is 3.46. The maximum absolute atomic E-state index is 12.7. The highest BCUT2D eigenvalue weighted by atomic mass is 32.1. The van der Waals surface area contributed by atoms with Gasteiger partial charge in [-0.1, -0.05) is 0 Å². The number of amides is 2. The fourth-order valence-electron chi connectivity index (χ4n) is 2.82. The van der Waals surface area contributed by atoms with Crippen molar-refractivity contribution in [2.45, 2.75) is 39.2 Å². The predicted octanol–water partition coefficient (Wildman–Crippen LogP) is 2.79. The summed E-state index contributed by atoms with van der Waals surface area (Å²) in [4.78, 5) is 36.5. The smallest absolute Gasteiger partial charge is 0.256 e. The third-order valence-electron chi connectivity index (χ3n) is 4.23. The Morgan fingerprint density at radius 1 is 1.33 bits per heavy atom. The molecule has 2 aromatic rings. The number of thiazole rings is 1. The number of hydrogen-bond donors (Lipinski definition) is 1. The number of aromatic nitrogens is 2. The highest BCUT2D eigenvalue weighted by Crippen LogP contribution is 2.24. The molecule has 0 aliphatic carbocycles. The number of piperidine rings is 1. The van der Waals surface area contributed by atoms with Crippen LogP contribution in [0.3, 0.4) is 0 Å². The van der Waals surface area contributed by atoms with Crippen LogP contribution in [0.1, 0.15) is 40.2 Å². The van der Waals surface area contributed by atoms with Crippen molar-refractivity contribution in [3.8, 4) is 0 Å². The molecule has 1 atom stereocenters. The molecule has 24 heavy (non-hydrogen) atoms. The Kier molecular flexibility index (Phi) is 4.89. The Bertz CT molecular complexity index is 725. The van der Waals surface area contributed by atoms with Crippen LogP contribution in [0, 0.1) is 13.8 Å². The standard InChI is InChI=1S/C17H20N4O2S/c1-11-12(2)24-17(19-11)20-15(22)14-7-3-4-9-21(14)16(23)13-6-5-8-18-10-13/h5-6,8,10,14H,3-4,7,9H2,1-2H3,(H,19,20,22)/t14-/m1/s1. The lowest BCUT2D eigenvalue weighted by atomic mass is 10.0. The lowest BCUT2D eigenvalue weighted by molar-refractivity contribution is -0.121. The van der Waals surface area contributed by atoms with Crippen LogP contribution in [-0.2, 0) is 4.79 Å². The fraction of sp³-hybridized carbons (Fsp3) is 0.412. The summed E-state index contributed by atoms with van der Waals surface area (Å²) in [5.74, 6) is -0.310. The zero-order valence-corrected chi connectivity index (χ0v) is 14.6. The second-order valence-electron chi connectivity index (χ2n) is 5.90. The van der Waals surface area contributed by atoms with E-state index in [-0.39, 0.29) is 11.8 Å². The summed E-state index contributed by atoms with van der Waals surface area (Å²) in [5.41, 5.74) is 1.43. The molecule has 0 spiro atoms. The van der Waals surface area contributed by atoms with Crippen molar-refractivity contribution in [1.29, 1.82) is 0 Å². The first-order valence-corrected chi connectivity index (χ1v) is 8.84. The number of rotatable bonds is 3. The van der Waals surface area contributed by atoms with E-state index < -0.39 is 6.04 Å². The molecule has 3 heterocycles. The van der Waals surface area contributed by atoms with E-state index in [4.69, 9.17) is 0 Å². The van der Waals surface area contributed by atoms with Gasteiger partial charge in [-0.05, 0) is 45.2 Å². The van der Waals surface area contributed by atoms with Crippen molar-refractivity contribution >= 4 is 28.3 Å². The fourth-order valence-corrected chi connectivity index (χ4v) is 3.63. The minimum Gasteiger partial charge on any atom is -0.327 e. The van der Waals surface area contributed by atoms with E-state index in [1.165, 1.54) is 11.3 Å². The Morgan fingerprint density at radius 3 is 2.83 bits per heavy atom. The van der Waals surface area contributed by atoms with E-state index in [1.54, 1.807) is 29.4 Å². The molecule has 0 aromatic carbocycles. The van der Waals surface area contributed by atoms with Crippen molar-refractivity contribution in [2.24, 2.45) is 0 Å². The van der Waals surface area contributed by atoms with E-state index in [2.05, 4.69) is 15.3 Å². The molecular formula is C17H20N4O2S. The topological polar surface area (TPSA) is 75.2 Å². The first kappa shape index (κ1) is 16.6. The van der Waals surface area contributed by atoms with Gasteiger partial charge in [0.1, 0.15) is 6.04 Å². The molecule has 2 amide bonds. The average Bonchev–Trinajstić information content (AvgIpc) is 2.92. The van der Waals surface area contributed by atoms with Gasteiger partial charge >= 0.3 is 0 Å². The molecular weight excluding hydrogens is 324 g/mol. The van der Waals surface area contributed by atoms with Crippen LogP contribution >= 0.6 is 11.3 Å². The Morgan fingerprint density at radius 2 is 2.17 bits per heavy atom. The van der Waals surface area contributed by atoms with Crippen molar-refractivity contribution in [1.82, 2.24) is 14.9 Å². The van der Waals surface area contributed by atoms with Gasteiger partial charge in [-0.3, -0.25) is 14.6 Å². The van der Waals surface area contributed by atoms with Gasteiger partial charge in [0, 0.05) is 23.8 Å². The summed E-state index contributed by atoms with van der Waals surface area (Å²) >= 11 is 1.46. The number of nitrogens with zero attached hydrogens (tertiary/aromatic N) is 3. The van der Waals surface area contributed by atoms with E-state index in [0.717, 1.165) is 23.4 Å². The molecule has 1 N–H and O–H groups in total. The van der Waals surface area contributed by atoms with Crippen LogP contribution in [0.5, 0.6) is 0 Å². The first-order chi connectivity index (χ1) is 11.6. The van der Waals surface area contributed by atoms with Gasteiger partial charge in [0.05, 0.1) is 11.3 Å². The molecule has 1 aliphatic heterocycles. The maximum atomic E-state index is 12.7. The second-order valence-corrected chi connectivity index (χ2v) is 7.10. The van der Waals surface area contributed by atoms with Gasteiger partial charge in [-0.25, -0.2) is 4.98 Å². The lowest BCUT2D eigenvalue weighted by Crippen LogP contribution is -2.50. The number of carbonyl (C=O) groups is 2. The number of anilines is 1. The molecule has 0 unspecified atom stereocenters. The molecule has 0 saturated carbocycles. The quantitative estimate of drug-likeness (QED) is 0.929. The van der Waals surface area contributed by atoms with Crippen molar-refractivity contribution < 1.29 is 9.59 Å². The van der Waals surface area contributed by atoms with Crippen LogP contribution in [-0.4, -0.2) is 39.3 Å². The molecule has 3 rings (SSSR count). The van der Waals surface area contributed by atoms with Crippen LogP contribution in [0.15, 0.2) is 24.5 Å². The zero-order chi connectivity index (χ0) is 17.1. The highest BCUT2D eigenvalue weighted by molar-refractivity contribution is 7.15. The molecule has 126 valence electrons. The van der Waals surface area contributed by atoms with Gasteiger partial charge < -0.3 is 10.2 Å². The Hall–Kier alpha value is -2.28. The average molecular weight is 344 g/mol. The predicted molar refractivity (Wildman–Crippen MR) is 93.1 cm³/mol. The molecule has 1 saturated heterocycles. The monoisotopic (exact) mass is 344 g/mol. The second kappa shape index (κ2) is 7.09. The van der Waals surface area contributed by atoms with E-state index in [0.29, 0.717) is 23.7 Å². The van der Waals surface area contributed by atoms with Crippen molar-refractivity contribution in [2.75, 3.05) is 11.9 Å².